The second kappa shape index (κ2) is 7.21. The summed E-state index contributed by atoms with van der Waals surface area (Å²) >= 11 is 0. The molecule has 2 aromatic rings. The van der Waals surface area contributed by atoms with Crippen LogP contribution in [-0.4, -0.2) is 22.4 Å². The number of pyridine rings is 1. The molecule has 0 spiro atoms. The summed E-state index contributed by atoms with van der Waals surface area (Å²) in [5.41, 5.74) is 3.10. The molecule has 1 aliphatic carbocycles. The Labute approximate surface area is 140 Å². The van der Waals surface area contributed by atoms with Gasteiger partial charge in [0.2, 0.25) is 5.91 Å². The maximum atomic E-state index is 12.5. The first kappa shape index (κ1) is 16.1. The molecular formula is C18H19N3O3. The average Bonchev–Trinajstić information content (AvgIpc) is 2.61. The van der Waals surface area contributed by atoms with Crippen LogP contribution in [0, 0.1) is 10.1 Å². The van der Waals surface area contributed by atoms with Gasteiger partial charge in [0.1, 0.15) is 0 Å². The predicted molar refractivity (Wildman–Crippen MR) is 89.7 cm³/mol. The van der Waals surface area contributed by atoms with Gasteiger partial charge in [0.25, 0.3) is 5.69 Å². The van der Waals surface area contributed by atoms with Gasteiger partial charge in [-0.3, -0.25) is 19.9 Å². The van der Waals surface area contributed by atoms with Crippen molar-refractivity contribution in [1.82, 2.24) is 10.3 Å². The minimum absolute atomic E-state index is 0.0107. The highest BCUT2D eigenvalue weighted by Crippen LogP contribution is 2.29. The number of hydrogen-bond acceptors (Lipinski definition) is 4. The second-order valence-corrected chi connectivity index (χ2v) is 5.96. The quantitative estimate of drug-likeness (QED) is 0.676. The van der Waals surface area contributed by atoms with E-state index in [1.165, 1.54) is 17.7 Å². The molecule has 124 valence electrons. The van der Waals surface area contributed by atoms with Gasteiger partial charge in [0, 0.05) is 24.9 Å². The predicted octanol–water partition coefficient (Wildman–Crippen LogP) is 2.77. The van der Waals surface area contributed by atoms with Crippen molar-refractivity contribution >= 4 is 11.6 Å². The first-order valence-corrected chi connectivity index (χ1v) is 8.10. The molecule has 0 bridgehead atoms. The van der Waals surface area contributed by atoms with Gasteiger partial charge in [0.15, 0.2) is 0 Å². The molecule has 24 heavy (non-hydrogen) atoms. The molecule has 3 rings (SSSR count). The molecule has 0 saturated heterocycles. The smallest absolute Gasteiger partial charge is 0.269 e. The van der Waals surface area contributed by atoms with Crippen molar-refractivity contribution in [3.05, 3.63) is 69.5 Å². The highest BCUT2D eigenvalue weighted by molar-refractivity contribution is 5.83. The van der Waals surface area contributed by atoms with Crippen LogP contribution in [0.4, 0.5) is 5.69 Å². The van der Waals surface area contributed by atoms with E-state index in [1.54, 1.807) is 18.3 Å². The van der Waals surface area contributed by atoms with E-state index in [0.717, 1.165) is 30.5 Å². The van der Waals surface area contributed by atoms with Crippen LogP contribution >= 0.6 is 0 Å². The number of benzene rings is 1. The van der Waals surface area contributed by atoms with Crippen LogP contribution in [0.5, 0.6) is 0 Å². The highest BCUT2D eigenvalue weighted by Gasteiger charge is 2.27. The first-order valence-electron chi connectivity index (χ1n) is 8.10. The third-order valence-electron chi connectivity index (χ3n) is 4.37. The fourth-order valence-corrected chi connectivity index (χ4v) is 3.10. The summed E-state index contributed by atoms with van der Waals surface area (Å²) in [6.07, 6.45) is 5.19. The monoisotopic (exact) mass is 325 g/mol. The molecule has 1 atom stereocenters. The van der Waals surface area contributed by atoms with Crippen LogP contribution in [0.2, 0.25) is 0 Å². The van der Waals surface area contributed by atoms with E-state index in [4.69, 9.17) is 0 Å². The third kappa shape index (κ3) is 3.59. The van der Waals surface area contributed by atoms with Crippen LogP contribution in [-0.2, 0) is 17.6 Å². The summed E-state index contributed by atoms with van der Waals surface area (Å²) in [6.45, 7) is 0.509. The second-order valence-electron chi connectivity index (χ2n) is 5.96. The van der Waals surface area contributed by atoms with E-state index >= 15 is 0 Å². The number of carbonyl (C=O) groups is 1. The van der Waals surface area contributed by atoms with E-state index in [9.17, 15) is 14.9 Å². The Morgan fingerprint density at radius 3 is 2.83 bits per heavy atom. The zero-order chi connectivity index (χ0) is 16.9. The molecule has 0 aliphatic heterocycles. The summed E-state index contributed by atoms with van der Waals surface area (Å²) in [5, 5.41) is 13.6. The maximum absolute atomic E-state index is 12.5. The number of nitrogens with zero attached hydrogens (tertiary/aromatic N) is 2. The molecule has 6 nitrogen and oxygen atoms in total. The number of nitrogens with one attached hydrogen (secondary N) is 1. The Balaban J connectivity index is 1.56. The van der Waals surface area contributed by atoms with E-state index in [2.05, 4.69) is 10.3 Å². The van der Waals surface area contributed by atoms with Crippen LogP contribution in [0.3, 0.4) is 0 Å². The van der Waals surface area contributed by atoms with Gasteiger partial charge < -0.3 is 5.32 Å². The summed E-state index contributed by atoms with van der Waals surface area (Å²) in [5.74, 6) is -0.164. The summed E-state index contributed by atoms with van der Waals surface area (Å²) in [7, 11) is 0. The summed E-state index contributed by atoms with van der Waals surface area (Å²) in [6, 6.07) is 10.4. The Bertz CT molecular complexity index is 743. The summed E-state index contributed by atoms with van der Waals surface area (Å²) < 4.78 is 0. The molecule has 0 saturated carbocycles. The lowest BCUT2D eigenvalue weighted by Gasteiger charge is -2.23. The number of amides is 1. The van der Waals surface area contributed by atoms with Gasteiger partial charge in [-0.1, -0.05) is 18.2 Å². The van der Waals surface area contributed by atoms with Crippen LogP contribution < -0.4 is 5.32 Å². The molecule has 1 aliphatic rings. The Hall–Kier alpha value is -2.76. The highest BCUT2D eigenvalue weighted by atomic mass is 16.6. The number of nitro groups is 1. The largest absolute Gasteiger partial charge is 0.355 e. The van der Waals surface area contributed by atoms with Crippen molar-refractivity contribution in [2.45, 2.75) is 31.6 Å². The first-order chi connectivity index (χ1) is 11.6. The van der Waals surface area contributed by atoms with Gasteiger partial charge in [-0.15, -0.1) is 0 Å². The van der Waals surface area contributed by atoms with Crippen molar-refractivity contribution in [3.8, 4) is 0 Å². The van der Waals surface area contributed by atoms with E-state index in [0.29, 0.717) is 13.0 Å². The zero-order valence-corrected chi connectivity index (χ0v) is 13.3. The molecule has 1 aromatic carbocycles. The molecule has 0 radical (unpaired) electrons. The Morgan fingerprint density at radius 2 is 2.08 bits per heavy atom. The third-order valence-corrected chi connectivity index (χ3v) is 4.37. The molecule has 6 heteroatoms. The molecule has 1 aromatic heterocycles. The van der Waals surface area contributed by atoms with Crippen molar-refractivity contribution in [3.63, 3.8) is 0 Å². The molecule has 0 fully saturated rings. The fraction of sp³-hybridized carbons (Fsp3) is 0.333. The van der Waals surface area contributed by atoms with E-state index in [-0.39, 0.29) is 17.5 Å². The number of aromatic nitrogens is 1. The van der Waals surface area contributed by atoms with Gasteiger partial charge in [-0.2, -0.15) is 0 Å². The van der Waals surface area contributed by atoms with Crippen LogP contribution in [0.1, 0.15) is 35.6 Å². The normalized spacial score (nSPS) is 16.2. The number of aryl methyl sites for hydroxylation is 1. The van der Waals surface area contributed by atoms with Crippen molar-refractivity contribution in [2.24, 2.45) is 0 Å². The SMILES string of the molecule is O=C(NCCc1ccc([N+](=O)[O-])cc1)C1CCCc2cccnc21. The van der Waals surface area contributed by atoms with Crippen LogP contribution in [0.15, 0.2) is 42.6 Å². The lowest BCUT2D eigenvalue weighted by atomic mass is 9.86. The number of fused-ring (bicyclic) bond motifs is 1. The van der Waals surface area contributed by atoms with Crippen molar-refractivity contribution < 1.29 is 9.72 Å². The lowest BCUT2D eigenvalue weighted by Crippen LogP contribution is -2.33. The average molecular weight is 325 g/mol. The number of non-ortho nitro benzene ring substituents is 1. The standard InChI is InChI=1S/C18H19N3O3/c22-18(16-5-1-3-14-4-2-11-19-17(14)16)20-12-10-13-6-8-15(9-7-13)21(23)24/h2,4,6-9,11,16H,1,3,5,10,12H2,(H,20,22). The van der Waals surface area contributed by atoms with Gasteiger partial charge in [0.05, 0.1) is 16.5 Å². The molecular weight excluding hydrogens is 306 g/mol. The summed E-state index contributed by atoms with van der Waals surface area (Å²) in [4.78, 5) is 27.1. The number of rotatable bonds is 5. The van der Waals surface area contributed by atoms with E-state index in [1.807, 2.05) is 12.1 Å². The maximum Gasteiger partial charge on any atom is 0.269 e. The van der Waals surface area contributed by atoms with E-state index < -0.39 is 4.92 Å². The minimum Gasteiger partial charge on any atom is -0.355 e. The Morgan fingerprint density at radius 1 is 1.29 bits per heavy atom. The van der Waals surface area contributed by atoms with Crippen molar-refractivity contribution in [2.75, 3.05) is 6.54 Å². The van der Waals surface area contributed by atoms with Gasteiger partial charge in [-0.25, -0.2) is 0 Å². The van der Waals surface area contributed by atoms with Gasteiger partial charge >= 0.3 is 0 Å². The van der Waals surface area contributed by atoms with Crippen LogP contribution in [0.25, 0.3) is 0 Å². The molecule has 1 N–H and O–H groups in total. The van der Waals surface area contributed by atoms with Gasteiger partial charge in [-0.05, 0) is 42.9 Å². The molecule has 1 unspecified atom stereocenters. The Kier molecular flexibility index (Phi) is 4.84. The lowest BCUT2D eigenvalue weighted by molar-refractivity contribution is -0.384. The fourth-order valence-electron chi connectivity index (χ4n) is 3.10. The minimum atomic E-state index is -0.418. The molecule has 1 heterocycles. The number of hydrogen-bond donors (Lipinski definition) is 1. The topological polar surface area (TPSA) is 85.1 Å². The zero-order valence-electron chi connectivity index (χ0n) is 13.3. The van der Waals surface area contributed by atoms with Crippen molar-refractivity contribution in [1.29, 1.82) is 0 Å². The number of nitro benzene ring substituents is 1. The molecule has 1 amide bonds. The number of carbonyl (C=O) groups excluding carboxylic acids is 1.